The van der Waals surface area contributed by atoms with Gasteiger partial charge >= 0.3 is 0 Å². The lowest BCUT2D eigenvalue weighted by atomic mass is 10.0. The normalized spacial score (nSPS) is 18.2. The summed E-state index contributed by atoms with van der Waals surface area (Å²) in [5.41, 5.74) is 0.813. The molecule has 0 bridgehead atoms. The number of ether oxygens (including phenoxy) is 3. The van der Waals surface area contributed by atoms with E-state index in [2.05, 4.69) is 15.6 Å². The third-order valence-corrected chi connectivity index (χ3v) is 4.33. The van der Waals surface area contributed by atoms with Crippen LogP contribution in [0.5, 0.6) is 11.5 Å². The molecular weight excluding hydrogens is 336 g/mol. The number of aromatic nitrogens is 2. The molecule has 140 valence electrons. The van der Waals surface area contributed by atoms with Gasteiger partial charge in [-0.15, -0.1) is 0 Å². The summed E-state index contributed by atoms with van der Waals surface area (Å²) >= 11 is 0. The van der Waals surface area contributed by atoms with Crippen LogP contribution in [0.15, 0.2) is 30.6 Å². The molecule has 1 amide bonds. The van der Waals surface area contributed by atoms with E-state index in [0.717, 1.165) is 12.1 Å². The molecule has 0 saturated carbocycles. The smallest absolute Gasteiger partial charge is 0.251 e. The van der Waals surface area contributed by atoms with Crippen molar-refractivity contribution in [1.82, 2.24) is 20.2 Å². The van der Waals surface area contributed by atoms with E-state index in [9.17, 15) is 4.79 Å². The fourth-order valence-electron chi connectivity index (χ4n) is 2.92. The van der Waals surface area contributed by atoms with Gasteiger partial charge in [-0.25, -0.2) is 4.98 Å². The number of methoxy groups -OCH3 is 2. The quantitative estimate of drug-likeness (QED) is 0.786. The number of morpholine rings is 1. The van der Waals surface area contributed by atoms with Crippen LogP contribution in [0, 0.1) is 0 Å². The van der Waals surface area contributed by atoms with Crippen LogP contribution in [0.2, 0.25) is 0 Å². The Kier molecular flexibility index (Phi) is 5.75. The number of rotatable bonds is 6. The highest BCUT2D eigenvalue weighted by atomic mass is 16.5. The van der Waals surface area contributed by atoms with Gasteiger partial charge in [-0.2, -0.15) is 0 Å². The number of nitrogens with one attached hydrogen (secondary N) is 2. The molecule has 26 heavy (non-hydrogen) atoms. The summed E-state index contributed by atoms with van der Waals surface area (Å²) in [4.78, 5) is 17.1. The summed E-state index contributed by atoms with van der Waals surface area (Å²) < 4.78 is 18.2. The number of aryl methyl sites for hydroxylation is 1. The van der Waals surface area contributed by atoms with Crippen LogP contribution < -0.4 is 20.1 Å². The van der Waals surface area contributed by atoms with Crippen molar-refractivity contribution in [1.29, 1.82) is 0 Å². The Labute approximate surface area is 152 Å². The minimum absolute atomic E-state index is 0.188. The molecule has 8 heteroatoms. The predicted octanol–water partition coefficient (Wildman–Crippen LogP) is 0.631. The zero-order chi connectivity index (χ0) is 18.5. The highest BCUT2D eigenvalue weighted by Gasteiger charge is 2.28. The van der Waals surface area contributed by atoms with Crippen molar-refractivity contribution in [2.24, 2.45) is 7.05 Å². The number of amides is 1. The van der Waals surface area contributed by atoms with E-state index in [1.54, 1.807) is 26.5 Å². The molecule has 2 atom stereocenters. The lowest BCUT2D eigenvalue weighted by Gasteiger charge is -2.26. The van der Waals surface area contributed by atoms with Crippen LogP contribution in [0.4, 0.5) is 0 Å². The number of nitrogens with zero attached hydrogens (tertiary/aromatic N) is 2. The summed E-state index contributed by atoms with van der Waals surface area (Å²) in [5, 5.41) is 6.22. The van der Waals surface area contributed by atoms with Gasteiger partial charge in [0, 0.05) is 38.6 Å². The van der Waals surface area contributed by atoms with Crippen LogP contribution in [-0.4, -0.2) is 55.5 Å². The zero-order valence-electron chi connectivity index (χ0n) is 15.2. The molecule has 2 unspecified atom stereocenters. The molecular formula is C18H24N4O4. The van der Waals surface area contributed by atoms with Gasteiger partial charge in [-0.05, 0) is 17.7 Å². The minimum atomic E-state index is -0.529. The standard InChI is InChI=1S/C18H24N4O4/c1-22-6-4-20-17(22)16(21-18(23)15-11-19-5-7-26-15)12-8-13(24-2)10-14(9-12)25-3/h4,6,8-10,15-16,19H,5,7,11H2,1-3H3,(H,21,23). The van der Waals surface area contributed by atoms with Crippen LogP contribution in [0.1, 0.15) is 17.4 Å². The van der Waals surface area contributed by atoms with Crippen molar-refractivity contribution in [2.45, 2.75) is 12.1 Å². The molecule has 1 saturated heterocycles. The SMILES string of the molecule is COc1cc(OC)cc(C(NC(=O)C2CNCCO2)c2nccn2C)c1. The van der Waals surface area contributed by atoms with Crippen molar-refractivity contribution in [3.8, 4) is 11.5 Å². The van der Waals surface area contributed by atoms with Crippen molar-refractivity contribution in [2.75, 3.05) is 33.9 Å². The fourth-order valence-corrected chi connectivity index (χ4v) is 2.92. The van der Waals surface area contributed by atoms with Crippen molar-refractivity contribution in [3.63, 3.8) is 0 Å². The molecule has 1 aliphatic heterocycles. The Morgan fingerprint density at radius 1 is 1.35 bits per heavy atom. The number of hydrogen-bond acceptors (Lipinski definition) is 6. The maximum atomic E-state index is 12.7. The van der Waals surface area contributed by atoms with Crippen molar-refractivity contribution < 1.29 is 19.0 Å². The summed E-state index contributed by atoms with van der Waals surface area (Å²) in [6, 6.07) is 5.05. The lowest BCUT2D eigenvalue weighted by Crippen LogP contribution is -2.49. The Morgan fingerprint density at radius 3 is 2.62 bits per heavy atom. The molecule has 3 rings (SSSR count). The van der Waals surface area contributed by atoms with Gasteiger partial charge in [0.1, 0.15) is 29.5 Å². The number of hydrogen-bond donors (Lipinski definition) is 2. The summed E-state index contributed by atoms with van der Waals surface area (Å²) in [6.45, 7) is 1.75. The fraction of sp³-hybridized carbons (Fsp3) is 0.444. The van der Waals surface area contributed by atoms with Crippen LogP contribution >= 0.6 is 0 Å². The number of carbonyl (C=O) groups is 1. The second kappa shape index (κ2) is 8.20. The topological polar surface area (TPSA) is 86.6 Å². The highest BCUT2D eigenvalue weighted by Crippen LogP contribution is 2.29. The molecule has 2 heterocycles. The maximum absolute atomic E-state index is 12.7. The minimum Gasteiger partial charge on any atom is -0.497 e. The third-order valence-electron chi connectivity index (χ3n) is 4.33. The second-order valence-electron chi connectivity index (χ2n) is 6.05. The van der Waals surface area contributed by atoms with E-state index >= 15 is 0 Å². The Bertz CT molecular complexity index is 733. The maximum Gasteiger partial charge on any atom is 0.251 e. The first-order valence-electron chi connectivity index (χ1n) is 8.45. The van der Waals surface area contributed by atoms with Crippen LogP contribution in [0.3, 0.4) is 0 Å². The largest absolute Gasteiger partial charge is 0.497 e. The average Bonchev–Trinajstić information content (AvgIpc) is 3.11. The average molecular weight is 360 g/mol. The van der Waals surface area contributed by atoms with Gasteiger partial charge in [0.05, 0.1) is 20.8 Å². The summed E-state index contributed by atoms with van der Waals surface area (Å²) in [7, 11) is 5.07. The van der Waals surface area contributed by atoms with E-state index in [1.807, 2.05) is 29.9 Å². The molecule has 0 aliphatic carbocycles. The lowest BCUT2D eigenvalue weighted by molar-refractivity contribution is -0.134. The zero-order valence-corrected chi connectivity index (χ0v) is 15.2. The monoisotopic (exact) mass is 360 g/mol. The Morgan fingerprint density at radius 2 is 2.08 bits per heavy atom. The Balaban J connectivity index is 1.94. The highest BCUT2D eigenvalue weighted by molar-refractivity contribution is 5.82. The first-order chi connectivity index (χ1) is 12.6. The van der Waals surface area contributed by atoms with E-state index in [4.69, 9.17) is 14.2 Å². The molecule has 1 aromatic carbocycles. The second-order valence-corrected chi connectivity index (χ2v) is 6.05. The molecule has 1 aliphatic rings. The third kappa shape index (κ3) is 3.97. The first kappa shape index (κ1) is 18.2. The van der Waals surface area contributed by atoms with E-state index < -0.39 is 12.1 Å². The first-order valence-corrected chi connectivity index (χ1v) is 8.45. The predicted molar refractivity (Wildman–Crippen MR) is 95.3 cm³/mol. The molecule has 0 radical (unpaired) electrons. The molecule has 0 spiro atoms. The number of carbonyl (C=O) groups excluding carboxylic acids is 1. The molecule has 2 aromatic rings. The van der Waals surface area contributed by atoms with Gasteiger partial charge in [0.15, 0.2) is 0 Å². The van der Waals surface area contributed by atoms with E-state index in [1.165, 1.54) is 0 Å². The number of benzene rings is 1. The van der Waals surface area contributed by atoms with Gasteiger partial charge < -0.3 is 29.4 Å². The van der Waals surface area contributed by atoms with Gasteiger partial charge in [0.25, 0.3) is 5.91 Å². The van der Waals surface area contributed by atoms with E-state index in [0.29, 0.717) is 30.5 Å². The Hall–Kier alpha value is -2.58. The molecule has 1 aromatic heterocycles. The van der Waals surface area contributed by atoms with Gasteiger partial charge in [0.2, 0.25) is 0 Å². The molecule has 8 nitrogen and oxygen atoms in total. The summed E-state index contributed by atoms with van der Waals surface area (Å²) in [6.07, 6.45) is 3.01. The van der Waals surface area contributed by atoms with Crippen molar-refractivity contribution in [3.05, 3.63) is 42.0 Å². The van der Waals surface area contributed by atoms with Gasteiger partial charge in [-0.1, -0.05) is 0 Å². The summed E-state index contributed by atoms with van der Waals surface area (Å²) in [5.74, 6) is 1.80. The molecule has 1 fully saturated rings. The van der Waals surface area contributed by atoms with Crippen LogP contribution in [0.25, 0.3) is 0 Å². The van der Waals surface area contributed by atoms with Crippen molar-refractivity contribution >= 4 is 5.91 Å². The van der Waals surface area contributed by atoms with Crippen LogP contribution in [-0.2, 0) is 16.6 Å². The molecule has 2 N–H and O–H groups in total. The van der Waals surface area contributed by atoms with Gasteiger partial charge in [-0.3, -0.25) is 4.79 Å². The van der Waals surface area contributed by atoms with E-state index in [-0.39, 0.29) is 5.91 Å². The number of imidazole rings is 1.